The molecule has 4 rings (SSSR count). The minimum absolute atomic E-state index is 0.0750. The summed E-state index contributed by atoms with van der Waals surface area (Å²) in [5.74, 6) is 0.320. The summed E-state index contributed by atoms with van der Waals surface area (Å²) in [6.45, 7) is 8.65. The third kappa shape index (κ3) is 3.75. The van der Waals surface area contributed by atoms with Gasteiger partial charge in [0.25, 0.3) is 5.56 Å². The van der Waals surface area contributed by atoms with Crippen LogP contribution in [0, 0.1) is 12.7 Å². The van der Waals surface area contributed by atoms with E-state index in [0.717, 1.165) is 21.5 Å². The average Bonchev–Trinajstić information content (AvgIpc) is 3.08. The molecular weight excluding hydrogens is 383 g/mol. The second kappa shape index (κ2) is 7.23. The molecule has 148 valence electrons. The molecule has 0 saturated heterocycles. The van der Waals surface area contributed by atoms with Crippen LogP contribution in [0.2, 0.25) is 0 Å². The van der Waals surface area contributed by atoms with Gasteiger partial charge in [-0.25, -0.2) is 9.37 Å². The Morgan fingerprint density at radius 1 is 1.10 bits per heavy atom. The number of aromatic nitrogens is 2. The Bertz CT molecular complexity index is 1250. The highest BCUT2D eigenvalue weighted by atomic mass is 32.1. The molecule has 0 bridgehead atoms. The molecular formula is C24H23FN2OS. The summed E-state index contributed by atoms with van der Waals surface area (Å²) in [6.07, 6.45) is 0. The standard InChI is InChI=1S/C24H23FN2OS/c1-15-26-22-21(23(28)27(15)13-16-6-5-7-19(25)12-16)20(14-29-22)17-8-10-18(11-9-17)24(2,3)4/h5-12,14H,13H2,1-4H3. The monoisotopic (exact) mass is 406 g/mol. The predicted octanol–water partition coefficient (Wildman–Crippen LogP) is 5.92. The maximum Gasteiger partial charge on any atom is 0.263 e. The fourth-order valence-corrected chi connectivity index (χ4v) is 4.48. The molecule has 0 amide bonds. The Labute approximate surface area is 173 Å². The lowest BCUT2D eigenvalue weighted by atomic mass is 9.86. The van der Waals surface area contributed by atoms with Crippen LogP contribution in [0.4, 0.5) is 4.39 Å². The highest BCUT2D eigenvalue weighted by molar-refractivity contribution is 7.17. The number of hydrogen-bond acceptors (Lipinski definition) is 3. The Morgan fingerprint density at radius 3 is 2.48 bits per heavy atom. The lowest BCUT2D eigenvalue weighted by Crippen LogP contribution is -2.24. The summed E-state index contributed by atoms with van der Waals surface area (Å²) < 4.78 is 15.2. The number of fused-ring (bicyclic) bond motifs is 1. The Kier molecular flexibility index (Phi) is 4.87. The third-order valence-electron chi connectivity index (χ3n) is 5.18. The normalized spacial score (nSPS) is 11.9. The van der Waals surface area contributed by atoms with E-state index in [1.54, 1.807) is 10.6 Å². The Hall–Kier alpha value is -2.79. The van der Waals surface area contributed by atoms with E-state index in [0.29, 0.717) is 17.8 Å². The van der Waals surface area contributed by atoms with E-state index in [1.165, 1.54) is 29.0 Å². The van der Waals surface area contributed by atoms with Gasteiger partial charge in [-0.15, -0.1) is 11.3 Å². The van der Waals surface area contributed by atoms with Gasteiger partial charge in [0.15, 0.2) is 0 Å². The summed E-state index contributed by atoms with van der Waals surface area (Å²) in [4.78, 5) is 18.7. The van der Waals surface area contributed by atoms with Crippen molar-refractivity contribution in [2.45, 2.75) is 39.7 Å². The summed E-state index contributed by atoms with van der Waals surface area (Å²) >= 11 is 1.48. The van der Waals surface area contributed by atoms with Gasteiger partial charge in [-0.1, -0.05) is 57.2 Å². The summed E-state index contributed by atoms with van der Waals surface area (Å²) in [7, 11) is 0. The maximum atomic E-state index is 13.6. The van der Waals surface area contributed by atoms with E-state index in [-0.39, 0.29) is 16.8 Å². The van der Waals surface area contributed by atoms with Crippen molar-refractivity contribution in [2.75, 3.05) is 0 Å². The predicted molar refractivity (Wildman–Crippen MR) is 118 cm³/mol. The lowest BCUT2D eigenvalue weighted by Gasteiger charge is -2.19. The molecule has 0 aliphatic rings. The van der Waals surface area contributed by atoms with E-state index in [1.807, 2.05) is 18.4 Å². The largest absolute Gasteiger partial charge is 0.292 e. The van der Waals surface area contributed by atoms with E-state index < -0.39 is 0 Å². The summed E-state index contributed by atoms with van der Waals surface area (Å²) in [6, 6.07) is 14.7. The molecule has 5 heteroatoms. The van der Waals surface area contributed by atoms with Crippen LogP contribution >= 0.6 is 11.3 Å². The molecule has 2 heterocycles. The molecule has 0 unspecified atom stereocenters. The van der Waals surface area contributed by atoms with Crippen LogP contribution in [0.3, 0.4) is 0 Å². The molecule has 0 aliphatic heterocycles. The van der Waals surface area contributed by atoms with Crippen molar-refractivity contribution < 1.29 is 4.39 Å². The van der Waals surface area contributed by atoms with Gasteiger partial charge in [-0.05, 0) is 41.2 Å². The van der Waals surface area contributed by atoms with E-state index in [4.69, 9.17) is 0 Å². The van der Waals surface area contributed by atoms with E-state index in [9.17, 15) is 9.18 Å². The smallest absolute Gasteiger partial charge is 0.263 e. The second-order valence-corrected chi connectivity index (χ2v) is 9.20. The van der Waals surface area contributed by atoms with Crippen molar-refractivity contribution in [3.63, 3.8) is 0 Å². The van der Waals surface area contributed by atoms with Crippen molar-refractivity contribution in [1.82, 2.24) is 9.55 Å². The molecule has 0 spiro atoms. The zero-order valence-electron chi connectivity index (χ0n) is 17.0. The van der Waals surface area contributed by atoms with Crippen molar-refractivity contribution in [2.24, 2.45) is 0 Å². The third-order valence-corrected chi connectivity index (χ3v) is 6.05. The maximum absolute atomic E-state index is 13.6. The van der Waals surface area contributed by atoms with Crippen molar-refractivity contribution in [3.8, 4) is 11.1 Å². The number of nitrogens with zero attached hydrogens (tertiary/aromatic N) is 2. The number of rotatable bonds is 3. The second-order valence-electron chi connectivity index (χ2n) is 8.34. The SMILES string of the molecule is Cc1nc2scc(-c3ccc(C(C)(C)C)cc3)c2c(=O)n1Cc1cccc(F)c1. The fraction of sp³-hybridized carbons (Fsp3) is 0.250. The highest BCUT2D eigenvalue weighted by Crippen LogP contribution is 2.32. The van der Waals surface area contributed by atoms with Gasteiger partial charge in [0, 0.05) is 10.9 Å². The highest BCUT2D eigenvalue weighted by Gasteiger charge is 2.17. The Morgan fingerprint density at radius 2 is 1.83 bits per heavy atom. The van der Waals surface area contributed by atoms with Crippen molar-refractivity contribution in [1.29, 1.82) is 0 Å². The number of hydrogen-bond donors (Lipinski definition) is 0. The van der Waals surface area contributed by atoms with E-state index in [2.05, 4.69) is 50.0 Å². The zero-order chi connectivity index (χ0) is 20.8. The first-order valence-corrected chi connectivity index (χ1v) is 10.5. The van der Waals surface area contributed by atoms with Gasteiger partial charge in [-0.2, -0.15) is 0 Å². The fourth-order valence-electron chi connectivity index (χ4n) is 3.49. The zero-order valence-corrected chi connectivity index (χ0v) is 17.8. The molecule has 0 N–H and O–H groups in total. The van der Waals surface area contributed by atoms with Gasteiger partial charge in [0.1, 0.15) is 16.5 Å². The first kappa shape index (κ1) is 19.5. The van der Waals surface area contributed by atoms with Gasteiger partial charge in [0.05, 0.1) is 11.9 Å². The number of aryl methyl sites for hydroxylation is 1. The molecule has 0 aliphatic carbocycles. The first-order chi connectivity index (χ1) is 13.7. The summed E-state index contributed by atoms with van der Waals surface area (Å²) in [5, 5.41) is 2.62. The van der Waals surface area contributed by atoms with Crippen LogP contribution in [0.5, 0.6) is 0 Å². The van der Waals surface area contributed by atoms with Crippen LogP contribution < -0.4 is 5.56 Å². The average molecular weight is 407 g/mol. The molecule has 0 atom stereocenters. The van der Waals surface area contributed by atoms with Gasteiger partial charge in [0.2, 0.25) is 0 Å². The van der Waals surface area contributed by atoms with Crippen LogP contribution in [0.15, 0.2) is 58.7 Å². The molecule has 0 radical (unpaired) electrons. The summed E-state index contributed by atoms with van der Waals surface area (Å²) in [5.41, 5.74) is 3.88. The molecule has 0 fully saturated rings. The van der Waals surface area contributed by atoms with Crippen molar-refractivity contribution >= 4 is 21.6 Å². The molecule has 29 heavy (non-hydrogen) atoms. The minimum atomic E-state index is -0.308. The number of benzene rings is 2. The topological polar surface area (TPSA) is 34.9 Å². The van der Waals surface area contributed by atoms with Crippen LogP contribution in [-0.2, 0) is 12.0 Å². The van der Waals surface area contributed by atoms with Crippen LogP contribution in [0.25, 0.3) is 21.3 Å². The molecule has 4 aromatic rings. The molecule has 0 saturated carbocycles. The Balaban J connectivity index is 1.82. The van der Waals surface area contributed by atoms with E-state index >= 15 is 0 Å². The van der Waals surface area contributed by atoms with Crippen molar-refractivity contribution in [3.05, 3.63) is 87.0 Å². The number of halogens is 1. The first-order valence-electron chi connectivity index (χ1n) is 9.58. The minimum Gasteiger partial charge on any atom is -0.292 e. The quantitative estimate of drug-likeness (QED) is 0.423. The van der Waals surface area contributed by atoms with Gasteiger partial charge < -0.3 is 0 Å². The molecule has 3 nitrogen and oxygen atoms in total. The van der Waals surface area contributed by atoms with Gasteiger partial charge >= 0.3 is 0 Å². The van der Waals surface area contributed by atoms with Crippen LogP contribution in [0.1, 0.15) is 37.7 Å². The lowest BCUT2D eigenvalue weighted by molar-refractivity contribution is 0.590. The molecule has 2 aromatic heterocycles. The van der Waals surface area contributed by atoms with Gasteiger partial charge in [-0.3, -0.25) is 9.36 Å². The molecule has 2 aromatic carbocycles. The number of thiophene rings is 1. The van der Waals surface area contributed by atoms with Crippen LogP contribution in [-0.4, -0.2) is 9.55 Å².